The molecule has 1 aromatic carbocycles. The van der Waals surface area contributed by atoms with Crippen molar-refractivity contribution in [3.05, 3.63) is 29.8 Å². The minimum Gasteiger partial charge on any atom is -0.497 e. The van der Waals surface area contributed by atoms with Crippen LogP contribution in [0.15, 0.2) is 29.3 Å². The van der Waals surface area contributed by atoms with Crippen LogP contribution >= 0.6 is 24.0 Å². The third-order valence-electron chi connectivity index (χ3n) is 4.03. The number of methoxy groups -OCH3 is 2. The number of ether oxygens (including phenoxy) is 2. The van der Waals surface area contributed by atoms with Crippen molar-refractivity contribution in [1.82, 2.24) is 10.6 Å². The van der Waals surface area contributed by atoms with Crippen molar-refractivity contribution in [2.24, 2.45) is 4.99 Å². The van der Waals surface area contributed by atoms with Gasteiger partial charge in [0.15, 0.2) is 5.96 Å². The Kier molecular flexibility index (Phi) is 9.65. The molecular formula is C18H32IN3O2. The lowest BCUT2D eigenvalue weighted by Gasteiger charge is -2.28. The van der Waals surface area contributed by atoms with E-state index in [4.69, 9.17) is 9.47 Å². The summed E-state index contributed by atoms with van der Waals surface area (Å²) in [6, 6.07) is 8.19. The van der Waals surface area contributed by atoms with Gasteiger partial charge in [0.1, 0.15) is 5.75 Å². The van der Waals surface area contributed by atoms with Crippen LogP contribution < -0.4 is 15.4 Å². The fourth-order valence-corrected chi connectivity index (χ4v) is 2.04. The number of halogens is 1. The fourth-order valence-electron chi connectivity index (χ4n) is 2.04. The van der Waals surface area contributed by atoms with Gasteiger partial charge < -0.3 is 20.1 Å². The molecule has 0 aromatic heterocycles. The van der Waals surface area contributed by atoms with Crippen molar-refractivity contribution in [2.75, 3.05) is 34.4 Å². The first-order valence-electron chi connectivity index (χ1n) is 7.88. The number of benzene rings is 1. The van der Waals surface area contributed by atoms with E-state index in [-0.39, 0.29) is 35.0 Å². The van der Waals surface area contributed by atoms with Crippen LogP contribution in [0, 0.1) is 0 Å². The van der Waals surface area contributed by atoms with Crippen LogP contribution in [-0.2, 0) is 10.2 Å². The van der Waals surface area contributed by atoms with Gasteiger partial charge in [-0.25, -0.2) is 0 Å². The topological polar surface area (TPSA) is 54.9 Å². The number of guanidine groups is 1. The zero-order valence-corrected chi connectivity index (χ0v) is 18.2. The van der Waals surface area contributed by atoms with Gasteiger partial charge in [-0.3, -0.25) is 4.99 Å². The monoisotopic (exact) mass is 449 g/mol. The molecule has 0 fully saturated rings. The molecule has 0 saturated carbocycles. The predicted molar refractivity (Wildman–Crippen MR) is 112 cm³/mol. The molecule has 0 unspecified atom stereocenters. The number of hydrogen-bond donors (Lipinski definition) is 2. The smallest absolute Gasteiger partial charge is 0.191 e. The maximum absolute atomic E-state index is 5.41. The van der Waals surface area contributed by atoms with Gasteiger partial charge >= 0.3 is 0 Å². The lowest BCUT2D eigenvalue weighted by molar-refractivity contribution is 0.0268. The number of nitrogens with zero attached hydrogens (tertiary/aromatic N) is 1. The Morgan fingerprint density at radius 1 is 1.00 bits per heavy atom. The third-order valence-corrected chi connectivity index (χ3v) is 4.03. The van der Waals surface area contributed by atoms with Crippen LogP contribution in [0.2, 0.25) is 0 Å². The standard InChI is InChI=1S/C18H31N3O2.HI/c1-17(2,14-8-10-15(22-6)11-9-14)12-20-16(19-5)21-13-18(3,4)23-7;/h8-11H,12-13H2,1-7H3,(H2,19,20,21);1H. The molecule has 2 N–H and O–H groups in total. The van der Waals surface area contributed by atoms with E-state index in [2.05, 4.69) is 41.6 Å². The van der Waals surface area contributed by atoms with Gasteiger partial charge in [-0.1, -0.05) is 26.0 Å². The second kappa shape index (κ2) is 10.1. The molecule has 1 aromatic rings. The summed E-state index contributed by atoms with van der Waals surface area (Å²) in [6.07, 6.45) is 0. The van der Waals surface area contributed by atoms with Crippen LogP contribution in [0.1, 0.15) is 33.3 Å². The molecule has 0 amide bonds. The van der Waals surface area contributed by atoms with E-state index in [9.17, 15) is 0 Å². The lowest BCUT2D eigenvalue weighted by Crippen LogP contribution is -2.48. The predicted octanol–water partition coefficient (Wildman–Crippen LogP) is 3.18. The van der Waals surface area contributed by atoms with Crippen molar-refractivity contribution in [2.45, 2.75) is 38.7 Å². The highest BCUT2D eigenvalue weighted by Gasteiger charge is 2.22. The molecule has 0 aliphatic rings. The first-order valence-corrected chi connectivity index (χ1v) is 7.88. The van der Waals surface area contributed by atoms with Gasteiger partial charge in [-0.05, 0) is 31.5 Å². The molecule has 138 valence electrons. The van der Waals surface area contributed by atoms with Crippen molar-refractivity contribution in [3.8, 4) is 5.75 Å². The lowest BCUT2D eigenvalue weighted by atomic mass is 9.84. The molecule has 6 heteroatoms. The minimum absolute atomic E-state index is 0. The summed E-state index contributed by atoms with van der Waals surface area (Å²) in [5.41, 5.74) is 0.988. The number of rotatable bonds is 7. The molecular weight excluding hydrogens is 417 g/mol. The summed E-state index contributed by atoms with van der Waals surface area (Å²) in [6.45, 7) is 9.93. The zero-order valence-electron chi connectivity index (χ0n) is 15.9. The maximum Gasteiger partial charge on any atom is 0.191 e. The number of hydrogen-bond acceptors (Lipinski definition) is 3. The van der Waals surface area contributed by atoms with E-state index in [1.807, 2.05) is 26.0 Å². The summed E-state index contributed by atoms with van der Waals surface area (Å²) in [5, 5.41) is 6.68. The van der Waals surface area contributed by atoms with E-state index in [1.54, 1.807) is 21.3 Å². The normalized spacial score (nSPS) is 12.4. The summed E-state index contributed by atoms with van der Waals surface area (Å²) in [4.78, 5) is 4.27. The van der Waals surface area contributed by atoms with E-state index < -0.39 is 0 Å². The van der Waals surface area contributed by atoms with Crippen LogP contribution in [0.4, 0.5) is 0 Å². The number of aliphatic imine (C=N–C) groups is 1. The first-order chi connectivity index (χ1) is 10.7. The molecule has 5 nitrogen and oxygen atoms in total. The van der Waals surface area contributed by atoms with E-state index >= 15 is 0 Å². The second-order valence-corrected chi connectivity index (χ2v) is 6.86. The van der Waals surface area contributed by atoms with Gasteiger partial charge in [0, 0.05) is 32.7 Å². The first kappa shape index (κ1) is 23.0. The van der Waals surface area contributed by atoms with E-state index in [1.165, 1.54) is 5.56 Å². The third kappa shape index (κ3) is 7.25. The van der Waals surface area contributed by atoms with E-state index in [0.29, 0.717) is 6.54 Å². The van der Waals surface area contributed by atoms with Crippen molar-refractivity contribution in [3.63, 3.8) is 0 Å². The van der Waals surface area contributed by atoms with Gasteiger partial charge in [0.2, 0.25) is 0 Å². The number of nitrogens with one attached hydrogen (secondary N) is 2. The van der Waals surface area contributed by atoms with Crippen molar-refractivity contribution >= 4 is 29.9 Å². The summed E-state index contributed by atoms with van der Waals surface area (Å²) in [5.74, 6) is 1.65. The Morgan fingerprint density at radius 3 is 2.00 bits per heavy atom. The zero-order chi connectivity index (χ0) is 17.5. The minimum atomic E-state index is -0.233. The fraction of sp³-hybridized carbons (Fsp3) is 0.611. The van der Waals surface area contributed by atoms with Crippen molar-refractivity contribution < 1.29 is 9.47 Å². The molecule has 0 aliphatic heterocycles. The maximum atomic E-state index is 5.41. The molecule has 0 spiro atoms. The average molecular weight is 449 g/mol. The van der Waals surface area contributed by atoms with Gasteiger partial charge in [-0.2, -0.15) is 0 Å². The summed E-state index contributed by atoms with van der Waals surface area (Å²) in [7, 11) is 5.17. The molecule has 0 atom stereocenters. The van der Waals surface area contributed by atoms with Gasteiger partial charge in [-0.15, -0.1) is 24.0 Å². The summed E-state index contributed by atoms with van der Waals surface area (Å²) >= 11 is 0. The highest BCUT2D eigenvalue weighted by atomic mass is 127. The SMILES string of the molecule is CN=C(NCC(C)(C)OC)NCC(C)(C)c1ccc(OC)cc1.I. The molecule has 0 bridgehead atoms. The highest BCUT2D eigenvalue weighted by molar-refractivity contribution is 14.0. The molecule has 0 heterocycles. The Hall–Kier alpha value is -1.02. The van der Waals surface area contributed by atoms with Crippen LogP contribution in [-0.4, -0.2) is 45.9 Å². The second-order valence-electron chi connectivity index (χ2n) is 6.86. The Balaban J connectivity index is 0.00000529. The summed E-state index contributed by atoms with van der Waals surface area (Å²) < 4.78 is 10.6. The molecule has 24 heavy (non-hydrogen) atoms. The average Bonchev–Trinajstić information content (AvgIpc) is 2.55. The Bertz CT molecular complexity index is 514. The quantitative estimate of drug-likeness (QED) is 0.382. The molecule has 1 rings (SSSR count). The van der Waals surface area contributed by atoms with E-state index in [0.717, 1.165) is 18.3 Å². The van der Waals surface area contributed by atoms with Crippen LogP contribution in [0.3, 0.4) is 0 Å². The Labute approximate surface area is 163 Å². The molecule has 0 saturated heterocycles. The molecule has 0 radical (unpaired) electrons. The van der Waals surface area contributed by atoms with Crippen molar-refractivity contribution in [1.29, 1.82) is 0 Å². The Morgan fingerprint density at radius 2 is 1.54 bits per heavy atom. The van der Waals surface area contributed by atoms with Crippen LogP contribution in [0.5, 0.6) is 5.75 Å². The largest absolute Gasteiger partial charge is 0.497 e. The molecule has 0 aliphatic carbocycles. The van der Waals surface area contributed by atoms with Crippen LogP contribution in [0.25, 0.3) is 0 Å². The van der Waals surface area contributed by atoms with Gasteiger partial charge in [0.05, 0.1) is 12.7 Å². The van der Waals surface area contributed by atoms with Gasteiger partial charge in [0.25, 0.3) is 0 Å². The highest BCUT2D eigenvalue weighted by Crippen LogP contribution is 2.24.